The lowest BCUT2D eigenvalue weighted by Gasteiger charge is -2.06. The Hall–Kier alpha value is -3.23. The van der Waals surface area contributed by atoms with Gasteiger partial charge in [0.25, 0.3) is 0 Å². The Morgan fingerprint density at radius 2 is 1.90 bits per heavy atom. The first kappa shape index (κ1) is 20.1. The van der Waals surface area contributed by atoms with Gasteiger partial charge in [0.2, 0.25) is 16.8 Å². The van der Waals surface area contributed by atoms with E-state index in [1.54, 1.807) is 35.9 Å². The number of ether oxygens (including phenoxy) is 1. The molecule has 7 nitrogen and oxygen atoms in total. The molecule has 2 heterocycles. The predicted octanol–water partition coefficient (Wildman–Crippen LogP) is 4.72. The molecule has 4 aromatic rings. The average molecular weight is 441 g/mol. The Labute approximate surface area is 181 Å². The molecule has 0 unspecified atom stereocenters. The Morgan fingerprint density at radius 3 is 2.67 bits per heavy atom. The Balaban J connectivity index is 1.44. The summed E-state index contributed by atoms with van der Waals surface area (Å²) in [7, 11) is 1.61. The summed E-state index contributed by atoms with van der Waals surface area (Å²) >= 11 is 7.24. The number of hydrogen-bond acceptors (Lipinski definition) is 6. The van der Waals surface area contributed by atoms with Gasteiger partial charge in [-0.15, -0.1) is 16.4 Å². The van der Waals surface area contributed by atoms with E-state index >= 15 is 0 Å². The van der Waals surface area contributed by atoms with Crippen LogP contribution in [0.25, 0.3) is 16.2 Å². The van der Waals surface area contributed by atoms with Crippen LogP contribution in [-0.4, -0.2) is 33.4 Å². The van der Waals surface area contributed by atoms with Crippen molar-refractivity contribution >= 4 is 45.5 Å². The Bertz CT molecular complexity index is 1220. The number of Topliss-reactive ketones (excluding diaryl/α,β-unsaturated/α-hetero) is 1. The quantitative estimate of drug-likeness (QED) is 0.420. The number of carbonyl (C=O) groups is 2. The number of nitrogens with zero attached hydrogens (tertiary/aromatic N) is 3. The SMILES string of the molecule is COc1ccccc1-c1csc2nc(NC(=O)CCC(=O)c3ccc(Cl)cc3)nn12. The molecule has 1 amide bonds. The molecule has 0 aliphatic rings. The monoisotopic (exact) mass is 440 g/mol. The molecule has 0 atom stereocenters. The van der Waals surface area contributed by atoms with Crippen LogP contribution in [0.3, 0.4) is 0 Å². The number of nitrogens with one attached hydrogen (secondary N) is 1. The van der Waals surface area contributed by atoms with Crippen molar-refractivity contribution in [2.24, 2.45) is 0 Å². The number of fused-ring (bicyclic) bond motifs is 1. The van der Waals surface area contributed by atoms with Gasteiger partial charge in [-0.05, 0) is 36.4 Å². The number of carbonyl (C=O) groups excluding carboxylic acids is 2. The number of para-hydroxylation sites is 1. The van der Waals surface area contributed by atoms with Gasteiger partial charge in [0, 0.05) is 34.4 Å². The largest absolute Gasteiger partial charge is 0.496 e. The van der Waals surface area contributed by atoms with E-state index in [2.05, 4.69) is 15.4 Å². The molecule has 0 saturated heterocycles. The number of rotatable bonds is 7. The number of aromatic nitrogens is 3. The fourth-order valence-corrected chi connectivity index (χ4v) is 3.92. The van der Waals surface area contributed by atoms with E-state index in [9.17, 15) is 9.59 Å². The van der Waals surface area contributed by atoms with E-state index in [1.807, 2.05) is 29.6 Å². The summed E-state index contributed by atoms with van der Waals surface area (Å²) in [6.45, 7) is 0. The van der Waals surface area contributed by atoms with Crippen LogP contribution in [0.1, 0.15) is 23.2 Å². The van der Waals surface area contributed by atoms with Gasteiger partial charge in [-0.1, -0.05) is 23.7 Å². The van der Waals surface area contributed by atoms with Crippen molar-refractivity contribution in [1.29, 1.82) is 0 Å². The van der Waals surface area contributed by atoms with E-state index in [-0.39, 0.29) is 30.5 Å². The normalized spacial score (nSPS) is 10.9. The molecular formula is C21H17ClN4O3S. The topological polar surface area (TPSA) is 85.6 Å². The molecule has 0 radical (unpaired) electrons. The van der Waals surface area contributed by atoms with Gasteiger partial charge < -0.3 is 4.74 Å². The van der Waals surface area contributed by atoms with Gasteiger partial charge in [0.15, 0.2) is 5.78 Å². The van der Waals surface area contributed by atoms with Crippen LogP contribution < -0.4 is 10.1 Å². The van der Waals surface area contributed by atoms with Gasteiger partial charge in [-0.2, -0.15) is 4.98 Å². The van der Waals surface area contributed by atoms with E-state index in [0.29, 0.717) is 15.5 Å². The summed E-state index contributed by atoms with van der Waals surface area (Å²) in [5, 5.41) is 9.54. The molecule has 0 fully saturated rings. The van der Waals surface area contributed by atoms with Crippen molar-refractivity contribution in [2.75, 3.05) is 12.4 Å². The fraction of sp³-hybridized carbons (Fsp3) is 0.143. The Morgan fingerprint density at radius 1 is 1.13 bits per heavy atom. The first-order valence-electron chi connectivity index (χ1n) is 9.11. The van der Waals surface area contributed by atoms with Crippen LogP contribution in [0.2, 0.25) is 5.02 Å². The molecule has 0 bridgehead atoms. The third-order valence-corrected chi connectivity index (χ3v) is 5.53. The molecule has 4 rings (SSSR count). The standard InChI is InChI=1S/C21H17ClN4O3S/c1-29-18-5-3-2-4-15(18)16-12-30-21-24-20(25-26(16)21)23-19(28)11-10-17(27)13-6-8-14(22)9-7-13/h2-9,12H,10-11H2,1H3,(H,23,25,28). The molecule has 9 heteroatoms. The minimum atomic E-state index is -0.325. The van der Waals surface area contributed by atoms with E-state index < -0.39 is 0 Å². The second-order valence-electron chi connectivity index (χ2n) is 6.43. The molecular weight excluding hydrogens is 424 g/mol. The molecule has 2 aromatic heterocycles. The lowest BCUT2D eigenvalue weighted by molar-refractivity contribution is -0.116. The minimum Gasteiger partial charge on any atom is -0.496 e. The number of hydrogen-bond donors (Lipinski definition) is 1. The van der Waals surface area contributed by atoms with Crippen molar-refractivity contribution in [2.45, 2.75) is 12.8 Å². The Kier molecular flexibility index (Phi) is 5.78. The minimum absolute atomic E-state index is 0.0354. The van der Waals surface area contributed by atoms with Crippen molar-refractivity contribution in [1.82, 2.24) is 14.6 Å². The van der Waals surface area contributed by atoms with Crippen molar-refractivity contribution in [3.05, 3.63) is 64.5 Å². The second kappa shape index (κ2) is 8.64. The number of halogens is 1. The summed E-state index contributed by atoms with van der Waals surface area (Å²) in [6.07, 6.45) is 0.121. The summed E-state index contributed by atoms with van der Waals surface area (Å²) in [5.74, 6) is 0.467. The van der Waals surface area contributed by atoms with Crippen molar-refractivity contribution < 1.29 is 14.3 Å². The average Bonchev–Trinajstić information content (AvgIpc) is 3.32. The molecule has 0 spiro atoms. The summed E-state index contributed by atoms with van der Waals surface area (Å²) in [4.78, 5) is 29.5. The van der Waals surface area contributed by atoms with Gasteiger partial charge in [-0.25, -0.2) is 4.52 Å². The van der Waals surface area contributed by atoms with Gasteiger partial charge in [0.1, 0.15) is 5.75 Å². The van der Waals surface area contributed by atoms with E-state index in [1.165, 1.54) is 11.3 Å². The number of anilines is 1. The van der Waals surface area contributed by atoms with Gasteiger partial charge in [0.05, 0.1) is 12.8 Å². The molecule has 0 aliphatic heterocycles. The van der Waals surface area contributed by atoms with E-state index in [0.717, 1.165) is 17.0 Å². The number of thiazole rings is 1. The lowest BCUT2D eigenvalue weighted by Crippen LogP contribution is -2.14. The molecule has 2 aromatic carbocycles. The zero-order chi connectivity index (χ0) is 21.1. The highest BCUT2D eigenvalue weighted by Gasteiger charge is 2.16. The second-order valence-corrected chi connectivity index (χ2v) is 7.70. The van der Waals surface area contributed by atoms with Crippen LogP contribution >= 0.6 is 22.9 Å². The number of ketones is 1. The van der Waals surface area contributed by atoms with Crippen LogP contribution in [0.5, 0.6) is 5.75 Å². The summed E-state index contributed by atoms with van der Waals surface area (Å²) < 4.78 is 7.08. The molecule has 30 heavy (non-hydrogen) atoms. The van der Waals surface area contributed by atoms with Crippen LogP contribution in [0, 0.1) is 0 Å². The predicted molar refractivity (Wildman–Crippen MR) is 116 cm³/mol. The zero-order valence-electron chi connectivity index (χ0n) is 16.0. The van der Waals surface area contributed by atoms with E-state index in [4.69, 9.17) is 16.3 Å². The third kappa shape index (κ3) is 4.19. The highest BCUT2D eigenvalue weighted by molar-refractivity contribution is 7.15. The fourth-order valence-electron chi connectivity index (χ4n) is 2.97. The van der Waals surface area contributed by atoms with Gasteiger partial charge in [-0.3, -0.25) is 14.9 Å². The third-order valence-electron chi connectivity index (χ3n) is 4.46. The number of methoxy groups -OCH3 is 1. The maximum Gasteiger partial charge on any atom is 0.250 e. The molecule has 0 saturated carbocycles. The lowest BCUT2D eigenvalue weighted by atomic mass is 10.1. The van der Waals surface area contributed by atoms with Crippen LogP contribution in [0.15, 0.2) is 53.9 Å². The first-order chi connectivity index (χ1) is 14.5. The van der Waals surface area contributed by atoms with Gasteiger partial charge >= 0.3 is 0 Å². The number of benzene rings is 2. The summed E-state index contributed by atoms with van der Waals surface area (Å²) in [5.41, 5.74) is 2.22. The van der Waals surface area contributed by atoms with Crippen LogP contribution in [-0.2, 0) is 4.79 Å². The molecule has 152 valence electrons. The zero-order valence-corrected chi connectivity index (χ0v) is 17.5. The highest BCUT2D eigenvalue weighted by atomic mass is 35.5. The molecule has 1 N–H and O–H groups in total. The van der Waals surface area contributed by atoms with Crippen LogP contribution in [0.4, 0.5) is 5.95 Å². The smallest absolute Gasteiger partial charge is 0.250 e. The highest BCUT2D eigenvalue weighted by Crippen LogP contribution is 2.32. The first-order valence-corrected chi connectivity index (χ1v) is 10.4. The molecule has 0 aliphatic carbocycles. The maximum atomic E-state index is 12.3. The number of amides is 1. The summed E-state index contributed by atoms with van der Waals surface area (Å²) in [6, 6.07) is 14.2. The maximum absolute atomic E-state index is 12.3. The van der Waals surface area contributed by atoms with Crippen molar-refractivity contribution in [3.8, 4) is 17.0 Å². The van der Waals surface area contributed by atoms with Crippen molar-refractivity contribution in [3.63, 3.8) is 0 Å².